The van der Waals surface area contributed by atoms with Crippen molar-refractivity contribution >= 4 is 40.6 Å². The molecule has 1 unspecified atom stereocenters. The normalized spacial score (nSPS) is 14.8. The number of carbonyl (C=O) groups excluding carboxylic acids is 3. The van der Waals surface area contributed by atoms with E-state index in [0.717, 1.165) is 49.2 Å². The smallest absolute Gasteiger partial charge is 0.272 e. The van der Waals surface area contributed by atoms with Gasteiger partial charge in [0.25, 0.3) is 11.8 Å². The number of hydrogen-bond donors (Lipinski definition) is 3. The van der Waals surface area contributed by atoms with Gasteiger partial charge in [0, 0.05) is 11.7 Å². The van der Waals surface area contributed by atoms with Gasteiger partial charge in [-0.05, 0) is 54.9 Å². The molecule has 172 valence electrons. The van der Waals surface area contributed by atoms with Crippen molar-refractivity contribution in [2.24, 2.45) is 5.73 Å². The lowest BCUT2D eigenvalue weighted by Gasteiger charge is -2.31. The minimum atomic E-state index is -0.791. The number of primary amides is 1. The SMILES string of the molecule is CCCC(C(=O)NC1CCCC1)N(C(=O)c1snc(C(N)=O)c1N)c1ccc(CC)cc1. The number of carbonyl (C=O) groups is 3. The van der Waals surface area contributed by atoms with Crippen molar-refractivity contribution in [3.63, 3.8) is 0 Å². The molecule has 1 saturated carbocycles. The molecule has 1 fully saturated rings. The van der Waals surface area contributed by atoms with Crippen LogP contribution in [0.1, 0.15) is 78.1 Å². The van der Waals surface area contributed by atoms with Gasteiger partial charge in [0.05, 0.1) is 5.69 Å². The first kappa shape index (κ1) is 23.7. The fraction of sp³-hybridized carbons (Fsp3) is 0.478. The van der Waals surface area contributed by atoms with Gasteiger partial charge in [0.1, 0.15) is 10.9 Å². The second-order valence-electron chi connectivity index (χ2n) is 8.13. The van der Waals surface area contributed by atoms with Gasteiger partial charge in [-0.1, -0.05) is 45.2 Å². The summed E-state index contributed by atoms with van der Waals surface area (Å²) in [6.07, 6.45) is 6.15. The Morgan fingerprint density at radius 3 is 2.38 bits per heavy atom. The summed E-state index contributed by atoms with van der Waals surface area (Å²) in [6, 6.07) is 7.00. The first-order chi connectivity index (χ1) is 15.4. The van der Waals surface area contributed by atoms with Gasteiger partial charge in [0.2, 0.25) is 5.91 Å². The predicted octanol–water partition coefficient (Wildman–Crippen LogP) is 3.26. The molecule has 2 aromatic rings. The van der Waals surface area contributed by atoms with Gasteiger partial charge < -0.3 is 16.8 Å². The first-order valence-electron chi connectivity index (χ1n) is 11.1. The number of benzene rings is 1. The largest absolute Gasteiger partial charge is 0.395 e. The van der Waals surface area contributed by atoms with E-state index in [9.17, 15) is 14.4 Å². The highest BCUT2D eigenvalue weighted by Crippen LogP contribution is 2.29. The fourth-order valence-corrected chi connectivity index (χ4v) is 4.83. The maximum atomic E-state index is 13.7. The average molecular weight is 458 g/mol. The zero-order chi connectivity index (χ0) is 23.3. The van der Waals surface area contributed by atoms with E-state index < -0.39 is 17.9 Å². The molecule has 1 atom stereocenters. The van der Waals surface area contributed by atoms with Crippen molar-refractivity contribution in [1.82, 2.24) is 9.69 Å². The molecule has 0 radical (unpaired) electrons. The highest BCUT2D eigenvalue weighted by atomic mass is 32.1. The molecule has 1 heterocycles. The second-order valence-corrected chi connectivity index (χ2v) is 8.90. The Morgan fingerprint density at radius 2 is 1.84 bits per heavy atom. The topological polar surface area (TPSA) is 131 Å². The van der Waals surface area contributed by atoms with Crippen molar-refractivity contribution in [3.05, 3.63) is 40.4 Å². The Balaban J connectivity index is 2.01. The summed E-state index contributed by atoms with van der Waals surface area (Å²) in [6.45, 7) is 4.03. The molecular weight excluding hydrogens is 426 g/mol. The summed E-state index contributed by atoms with van der Waals surface area (Å²) < 4.78 is 3.97. The van der Waals surface area contributed by atoms with Crippen molar-refractivity contribution in [2.45, 2.75) is 70.9 Å². The van der Waals surface area contributed by atoms with Crippen LogP contribution in [-0.2, 0) is 11.2 Å². The van der Waals surface area contributed by atoms with Gasteiger partial charge >= 0.3 is 0 Å². The number of aromatic nitrogens is 1. The molecule has 8 nitrogen and oxygen atoms in total. The Kier molecular flexibility index (Phi) is 7.84. The molecular formula is C23H31N5O3S. The molecule has 1 aliphatic rings. The lowest BCUT2D eigenvalue weighted by molar-refractivity contribution is -0.123. The Bertz CT molecular complexity index is 967. The minimum Gasteiger partial charge on any atom is -0.395 e. The maximum absolute atomic E-state index is 13.7. The molecule has 0 aliphatic heterocycles. The fourth-order valence-electron chi connectivity index (χ4n) is 4.09. The Labute approximate surface area is 192 Å². The number of rotatable bonds is 9. The lowest BCUT2D eigenvalue weighted by Crippen LogP contribution is -2.51. The van der Waals surface area contributed by atoms with Crippen molar-refractivity contribution < 1.29 is 14.4 Å². The van der Waals surface area contributed by atoms with E-state index in [1.165, 1.54) is 4.90 Å². The van der Waals surface area contributed by atoms with Gasteiger partial charge in [-0.3, -0.25) is 19.3 Å². The standard InChI is InChI=1S/C23H31N5O3S/c1-3-7-17(22(30)26-15-8-5-6-9-15)28(16-12-10-14(4-2)11-13-16)23(31)20-18(24)19(21(25)29)27-32-20/h10-13,15,17H,3-9,24H2,1-2H3,(H2,25,29)(H,26,30). The maximum Gasteiger partial charge on any atom is 0.272 e. The zero-order valence-corrected chi connectivity index (χ0v) is 19.4. The predicted molar refractivity (Wildman–Crippen MR) is 127 cm³/mol. The van der Waals surface area contributed by atoms with E-state index in [-0.39, 0.29) is 28.2 Å². The van der Waals surface area contributed by atoms with Gasteiger partial charge in [-0.2, -0.15) is 4.37 Å². The molecule has 0 bridgehead atoms. The number of nitrogen functional groups attached to an aromatic ring is 1. The third-order valence-electron chi connectivity index (χ3n) is 5.88. The van der Waals surface area contributed by atoms with Crippen LogP contribution in [0.5, 0.6) is 0 Å². The van der Waals surface area contributed by atoms with Crippen LogP contribution in [0.3, 0.4) is 0 Å². The molecule has 5 N–H and O–H groups in total. The van der Waals surface area contributed by atoms with Gasteiger partial charge in [0.15, 0.2) is 5.69 Å². The third-order valence-corrected chi connectivity index (χ3v) is 6.73. The van der Waals surface area contributed by atoms with Crippen LogP contribution in [0.15, 0.2) is 24.3 Å². The molecule has 1 aliphatic carbocycles. The Morgan fingerprint density at radius 1 is 1.19 bits per heavy atom. The molecule has 0 spiro atoms. The first-order valence-corrected chi connectivity index (χ1v) is 11.9. The summed E-state index contributed by atoms with van der Waals surface area (Å²) in [7, 11) is 0. The van der Waals surface area contributed by atoms with Gasteiger partial charge in [-0.25, -0.2) is 0 Å². The van der Waals surface area contributed by atoms with E-state index >= 15 is 0 Å². The zero-order valence-electron chi connectivity index (χ0n) is 18.6. The summed E-state index contributed by atoms with van der Waals surface area (Å²) in [5.41, 5.74) is 12.9. The number of amides is 3. The number of aryl methyl sites for hydroxylation is 1. The van der Waals surface area contributed by atoms with E-state index in [4.69, 9.17) is 11.5 Å². The average Bonchev–Trinajstić information content (AvgIpc) is 3.43. The number of hydrogen-bond acceptors (Lipinski definition) is 6. The van der Waals surface area contributed by atoms with Crippen molar-refractivity contribution in [2.75, 3.05) is 10.6 Å². The van der Waals surface area contributed by atoms with Crippen LogP contribution in [0.25, 0.3) is 0 Å². The minimum absolute atomic E-state index is 0.0471. The molecule has 32 heavy (non-hydrogen) atoms. The summed E-state index contributed by atoms with van der Waals surface area (Å²) >= 11 is 0.825. The molecule has 1 aromatic carbocycles. The summed E-state index contributed by atoms with van der Waals surface area (Å²) in [5, 5.41) is 3.13. The number of anilines is 2. The third kappa shape index (κ3) is 5.09. The highest BCUT2D eigenvalue weighted by molar-refractivity contribution is 7.09. The van der Waals surface area contributed by atoms with E-state index in [2.05, 4.69) is 16.6 Å². The summed E-state index contributed by atoms with van der Waals surface area (Å²) in [4.78, 5) is 40.2. The Hall–Kier alpha value is -2.94. The van der Waals surface area contributed by atoms with Crippen LogP contribution in [-0.4, -0.2) is 34.2 Å². The van der Waals surface area contributed by atoms with Crippen molar-refractivity contribution in [1.29, 1.82) is 0 Å². The molecule has 0 saturated heterocycles. The second kappa shape index (κ2) is 10.6. The molecule has 9 heteroatoms. The monoisotopic (exact) mass is 457 g/mol. The molecule has 3 rings (SSSR count). The lowest BCUT2D eigenvalue weighted by atomic mass is 10.0. The van der Waals surface area contributed by atoms with Crippen molar-refractivity contribution in [3.8, 4) is 0 Å². The number of nitrogens with one attached hydrogen (secondary N) is 1. The number of nitrogens with zero attached hydrogens (tertiary/aromatic N) is 2. The van der Waals surface area contributed by atoms with E-state index in [0.29, 0.717) is 18.5 Å². The van der Waals surface area contributed by atoms with Gasteiger partial charge in [-0.15, -0.1) is 0 Å². The molecule has 3 amide bonds. The highest BCUT2D eigenvalue weighted by Gasteiger charge is 2.35. The van der Waals surface area contributed by atoms with Crippen LogP contribution in [0.2, 0.25) is 0 Å². The molecule has 1 aromatic heterocycles. The quantitative estimate of drug-likeness (QED) is 0.532. The number of nitrogens with two attached hydrogens (primary N) is 2. The summed E-state index contributed by atoms with van der Waals surface area (Å²) in [5.74, 6) is -1.43. The van der Waals surface area contributed by atoms with Crippen LogP contribution in [0.4, 0.5) is 11.4 Å². The van der Waals surface area contributed by atoms with Crippen LogP contribution in [0, 0.1) is 0 Å². The van der Waals surface area contributed by atoms with Crippen LogP contribution >= 0.6 is 11.5 Å². The van der Waals surface area contributed by atoms with E-state index in [1.54, 1.807) is 0 Å². The van der Waals surface area contributed by atoms with Crippen LogP contribution < -0.4 is 21.7 Å². The van der Waals surface area contributed by atoms with E-state index in [1.807, 2.05) is 31.2 Å².